The van der Waals surface area contributed by atoms with Gasteiger partial charge in [0, 0.05) is 0 Å². The maximum Gasteiger partial charge on any atom is 0.335 e. The van der Waals surface area contributed by atoms with Crippen molar-refractivity contribution in [3.05, 3.63) is 71.8 Å². The van der Waals surface area contributed by atoms with E-state index in [1.807, 2.05) is 0 Å². The van der Waals surface area contributed by atoms with E-state index in [2.05, 4.69) is 0 Å². The Morgan fingerprint density at radius 3 is 0.920 bits per heavy atom. The van der Waals surface area contributed by atoms with Gasteiger partial charge in [0.1, 0.15) is 0 Å². The quantitative estimate of drug-likeness (QED) is 0.707. The lowest BCUT2D eigenvalue weighted by Crippen LogP contribution is -1.93. The summed E-state index contributed by atoms with van der Waals surface area (Å²) in [4.78, 5) is 20.4. The molecule has 0 heterocycles. The number of benzene rings is 2. The Kier molecular flexibility index (Phi) is 10.4. The molecule has 4 nitrogen and oxygen atoms in total. The van der Waals surface area contributed by atoms with E-state index in [1.54, 1.807) is 60.7 Å². The Morgan fingerprint density at radius 2 is 0.760 bits per heavy atom. The highest BCUT2D eigenvalue weighted by Gasteiger charge is 1.97. The summed E-state index contributed by atoms with van der Waals surface area (Å²) < 4.78 is 0. The number of hydrogen-bond acceptors (Lipinski definition) is 2. The second-order valence-corrected chi connectivity index (χ2v) is 5.82. The molecule has 0 spiro atoms. The molecule has 2 aromatic carbocycles. The zero-order valence-electron chi connectivity index (χ0n) is 14.4. The number of rotatable bonds is 2. The van der Waals surface area contributed by atoms with Crippen LogP contribution in [0.25, 0.3) is 0 Å². The third-order valence-corrected chi connectivity index (χ3v) is 3.79. The van der Waals surface area contributed by atoms with Crippen molar-refractivity contribution in [3.8, 4) is 0 Å². The number of carboxylic acids is 2. The molecule has 0 unspecified atom stereocenters. The highest BCUT2D eigenvalue weighted by Crippen LogP contribution is 2.15. The van der Waals surface area contributed by atoms with Crippen LogP contribution in [-0.4, -0.2) is 22.2 Å². The van der Waals surface area contributed by atoms with Crippen molar-refractivity contribution >= 4 is 11.9 Å². The van der Waals surface area contributed by atoms with Gasteiger partial charge in [-0.25, -0.2) is 9.59 Å². The van der Waals surface area contributed by atoms with Crippen LogP contribution in [0.2, 0.25) is 0 Å². The average Bonchev–Trinajstić information content (AvgIpc) is 2.97. The number of aromatic carboxylic acids is 2. The molecule has 0 aliphatic heterocycles. The average molecular weight is 342 g/mol. The molecule has 0 amide bonds. The smallest absolute Gasteiger partial charge is 0.335 e. The molecule has 1 aliphatic rings. The monoisotopic (exact) mass is 342 g/mol. The normalized spacial score (nSPS) is 13.1. The first-order valence-corrected chi connectivity index (χ1v) is 8.68. The Balaban J connectivity index is 0.000000189. The molecule has 25 heavy (non-hydrogen) atoms. The maximum atomic E-state index is 10.2. The third-order valence-electron chi connectivity index (χ3n) is 3.79. The van der Waals surface area contributed by atoms with Crippen LogP contribution in [0.4, 0.5) is 0 Å². The van der Waals surface area contributed by atoms with E-state index in [-0.39, 0.29) is 0 Å². The van der Waals surface area contributed by atoms with Gasteiger partial charge >= 0.3 is 11.9 Å². The van der Waals surface area contributed by atoms with Crippen LogP contribution in [0.1, 0.15) is 65.7 Å². The summed E-state index contributed by atoms with van der Waals surface area (Å²) in [6.07, 6.45) is 10.5. The molecule has 0 saturated heterocycles. The first-order valence-electron chi connectivity index (χ1n) is 8.68. The van der Waals surface area contributed by atoms with Gasteiger partial charge in [0.25, 0.3) is 0 Å². The molecule has 4 heteroatoms. The van der Waals surface area contributed by atoms with Crippen molar-refractivity contribution in [3.63, 3.8) is 0 Å². The molecule has 1 fully saturated rings. The molecule has 0 radical (unpaired) electrons. The van der Waals surface area contributed by atoms with Gasteiger partial charge in [0.15, 0.2) is 0 Å². The van der Waals surface area contributed by atoms with Crippen molar-refractivity contribution in [1.29, 1.82) is 0 Å². The van der Waals surface area contributed by atoms with Crippen molar-refractivity contribution in [1.82, 2.24) is 0 Å². The van der Waals surface area contributed by atoms with Crippen LogP contribution in [0.15, 0.2) is 60.7 Å². The van der Waals surface area contributed by atoms with Crippen LogP contribution in [0, 0.1) is 0 Å². The van der Waals surface area contributed by atoms with E-state index in [9.17, 15) is 9.59 Å². The zero-order chi connectivity index (χ0) is 18.3. The van der Waals surface area contributed by atoms with Gasteiger partial charge in [-0.15, -0.1) is 0 Å². The first kappa shape index (κ1) is 20.4. The van der Waals surface area contributed by atoms with Crippen LogP contribution in [0.5, 0.6) is 0 Å². The van der Waals surface area contributed by atoms with Gasteiger partial charge in [-0.1, -0.05) is 81.3 Å². The summed E-state index contributed by atoms with van der Waals surface area (Å²) in [5, 5.41) is 16.8. The number of hydrogen-bond donors (Lipinski definition) is 2. The zero-order valence-corrected chi connectivity index (χ0v) is 14.4. The predicted octanol–water partition coefficient (Wildman–Crippen LogP) is 5.50. The predicted molar refractivity (Wildman–Crippen MR) is 99.1 cm³/mol. The van der Waals surface area contributed by atoms with Gasteiger partial charge in [0.2, 0.25) is 0 Å². The van der Waals surface area contributed by atoms with Gasteiger partial charge in [-0.2, -0.15) is 0 Å². The lowest BCUT2D eigenvalue weighted by atomic mass is 10.2. The molecule has 134 valence electrons. The summed E-state index contributed by atoms with van der Waals surface area (Å²) in [6.45, 7) is 0. The first-order chi connectivity index (χ1) is 12.1. The fourth-order valence-electron chi connectivity index (χ4n) is 2.40. The van der Waals surface area contributed by atoms with E-state index in [0.29, 0.717) is 11.1 Å². The molecule has 0 bridgehead atoms. The summed E-state index contributed by atoms with van der Waals surface area (Å²) in [5.41, 5.74) is 0.662. The van der Waals surface area contributed by atoms with E-state index in [4.69, 9.17) is 10.2 Å². The summed E-state index contributed by atoms with van der Waals surface area (Å²) in [5.74, 6) is -1.76. The summed E-state index contributed by atoms with van der Waals surface area (Å²) >= 11 is 0. The number of carboxylic acid groups (broad SMARTS) is 2. The van der Waals surface area contributed by atoms with Gasteiger partial charge in [0.05, 0.1) is 11.1 Å². The molecule has 2 aromatic rings. The second-order valence-electron chi connectivity index (χ2n) is 5.82. The van der Waals surface area contributed by atoms with Gasteiger partial charge in [-0.05, 0) is 24.3 Å². The fourth-order valence-corrected chi connectivity index (χ4v) is 2.40. The minimum absolute atomic E-state index is 0.331. The van der Waals surface area contributed by atoms with Gasteiger partial charge in [-0.3, -0.25) is 0 Å². The Bertz CT molecular complexity index is 539. The highest BCUT2D eigenvalue weighted by molar-refractivity contribution is 5.87. The molecule has 1 saturated carbocycles. The van der Waals surface area contributed by atoms with Gasteiger partial charge < -0.3 is 10.2 Å². The van der Waals surface area contributed by atoms with E-state index in [1.165, 1.54) is 44.9 Å². The minimum atomic E-state index is -0.879. The van der Waals surface area contributed by atoms with Crippen molar-refractivity contribution in [2.24, 2.45) is 0 Å². The standard InChI is InChI=1S/2C7H6O2.C7H14/c2*8-7(9)6-4-2-1-3-5-6;1-2-4-6-7-5-3-1/h2*1-5H,(H,8,9);1-7H2. The molecule has 0 aromatic heterocycles. The topological polar surface area (TPSA) is 74.6 Å². The van der Waals surface area contributed by atoms with E-state index in [0.717, 1.165) is 0 Å². The number of carbonyl (C=O) groups is 2. The maximum absolute atomic E-state index is 10.2. The molecular formula is C21H26O4. The summed E-state index contributed by atoms with van der Waals surface area (Å²) in [7, 11) is 0. The lowest BCUT2D eigenvalue weighted by Gasteiger charge is -1.88. The second kappa shape index (κ2) is 12.8. The fraction of sp³-hybridized carbons (Fsp3) is 0.333. The molecule has 1 aliphatic carbocycles. The lowest BCUT2D eigenvalue weighted by molar-refractivity contribution is 0.0686. The Labute approximate surface area is 149 Å². The summed E-state index contributed by atoms with van der Waals surface area (Å²) in [6, 6.07) is 16.6. The highest BCUT2D eigenvalue weighted by atomic mass is 16.4. The minimum Gasteiger partial charge on any atom is -0.478 e. The van der Waals surface area contributed by atoms with E-state index < -0.39 is 11.9 Å². The van der Waals surface area contributed by atoms with Crippen LogP contribution in [0.3, 0.4) is 0 Å². The molecule has 0 atom stereocenters. The van der Waals surface area contributed by atoms with Crippen LogP contribution >= 0.6 is 0 Å². The molecule has 3 rings (SSSR count). The van der Waals surface area contributed by atoms with Crippen LogP contribution in [-0.2, 0) is 0 Å². The van der Waals surface area contributed by atoms with E-state index >= 15 is 0 Å². The largest absolute Gasteiger partial charge is 0.478 e. The SMILES string of the molecule is C1CCCCCC1.O=C(O)c1ccccc1.O=C(O)c1ccccc1. The van der Waals surface area contributed by atoms with Crippen molar-refractivity contribution < 1.29 is 19.8 Å². The van der Waals surface area contributed by atoms with Crippen LogP contribution < -0.4 is 0 Å². The Hall–Kier alpha value is -2.62. The van der Waals surface area contributed by atoms with Crippen molar-refractivity contribution in [2.45, 2.75) is 44.9 Å². The molecule has 2 N–H and O–H groups in total. The molecular weight excluding hydrogens is 316 g/mol. The Morgan fingerprint density at radius 1 is 0.520 bits per heavy atom. The third kappa shape index (κ3) is 9.97. The van der Waals surface area contributed by atoms with Crippen molar-refractivity contribution in [2.75, 3.05) is 0 Å².